The number of carbonyl (C=O) groups excluding carboxylic acids is 1. The lowest BCUT2D eigenvalue weighted by Crippen LogP contribution is -2.30. The van der Waals surface area contributed by atoms with Crippen LogP contribution in [0.3, 0.4) is 0 Å². The van der Waals surface area contributed by atoms with E-state index in [9.17, 15) is 4.79 Å². The molecule has 1 atom stereocenters. The molecule has 3 N–H and O–H groups in total. The zero-order valence-electron chi connectivity index (χ0n) is 10.9. The summed E-state index contributed by atoms with van der Waals surface area (Å²) in [5, 5.41) is 2.85. The molecule has 1 amide bonds. The molecule has 18 heavy (non-hydrogen) atoms. The van der Waals surface area contributed by atoms with E-state index in [2.05, 4.69) is 26.2 Å². The Labute approximate surface area is 116 Å². The number of nitrogens with two attached hydrogens (primary N) is 1. The van der Waals surface area contributed by atoms with Gasteiger partial charge >= 0.3 is 0 Å². The summed E-state index contributed by atoms with van der Waals surface area (Å²) in [5.74, 6) is 0.518. The van der Waals surface area contributed by atoms with Gasteiger partial charge in [-0.25, -0.2) is 4.98 Å². The Bertz CT molecular complexity index is 421. The largest absolute Gasteiger partial charge is 0.362 e. The summed E-state index contributed by atoms with van der Waals surface area (Å²) in [4.78, 5) is 18.1. The van der Waals surface area contributed by atoms with E-state index in [1.807, 2.05) is 25.9 Å². The van der Waals surface area contributed by atoms with Gasteiger partial charge in [-0.3, -0.25) is 4.79 Å². The monoisotopic (exact) mass is 314 g/mol. The first-order valence-electron chi connectivity index (χ1n) is 5.78. The fraction of sp³-hybridized carbons (Fsp3) is 0.500. The molecule has 100 valence electrons. The van der Waals surface area contributed by atoms with Crippen LogP contribution in [-0.4, -0.2) is 37.6 Å². The molecule has 1 aromatic rings. The van der Waals surface area contributed by atoms with E-state index in [1.165, 1.54) is 0 Å². The second kappa shape index (κ2) is 6.70. The third kappa shape index (κ3) is 4.27. The van der Waals surface area contributed by atoms with Gasteiger partial charge in [0.2, 0.25) is 0 Å². The van der Waals surface area contributed by atoms with Crippen LogP contribution >= 0.6 is 15.9 Å². The fourth-order valence-electron chi connectivity index (χ4n) is 1.46. The molecule has 6 heteroatoms. The van der Waals surface area contributed by atoms with E-state index in [0.717, 1.165) is 10.9 Å². The number of hydrogen-bond acceptors (Lipinski definition) is 4. The zero-order chi connectivity index (χ0) is 13.7. The van der Waals surface area contributed by atoms with E-state index in [-0.39, 0.29) is 11.9 Å². The molecule has 1 unspecified atom stereocenters. The van der Waals surface area contributed by atoms with Crippen molar-refractivity contribution in [3.63, 3.8) is 0 Å². The van der Waals surface area contributed by atoms with Crippen LogP contribution in [-0.2, 0) is 0 Å². The Hall–Kier alpha value is -1.14. The first-order valence-corrected chi connectivity index (χ1v) is 6.57. The predicted molar refractivity (Wildman–Crippen MR) is 76.9 cm³/mol. The van der Waals surface area contributed by atoms with Crippen molar-refractivity contribution in [1.82, 2.24) is 10.3 Å². The molecular formula is C12H19BrN4O. The SMILES string of the molecule is CC(N)CCNC(=O)c1cc(Br)cnc1N(C)C. The van der Waals surface area contributed by atoms with Crippen molar-refractivity contribution < 1.29 is 4.79 Å². The summed E-state index contributed by atoms with van der Waals surface area (Å²) < 4.78 is 0.783. The molecule has 0 saturated heterocycles. The highest BCUT2D eigenvalue weighted by Gasteiger charge is 2.14. The van der Waals surface area contributed by atoms with E-state index in [4.69, 9.17) is 5.73 Å². The first kappa shape index (κ1) is 14.9. The number of carbonyl (C=O) groups is 1. The molecule has 5 nitrogen and oxygen atoms in total. The highest BCUT2D eigenvalue weighted by atomic mass is 79.9. The maximum Gasteiger partial charge on any atom is 0.255 e. The van der Waals surface area contributed by atoms with Crippen molar-refractivity contribution in [1.29, 1.82) is 0 Å². The molecule has 1 rings (SSSR count). The number of anilines is 1. The number of nitrogens with one attached hydrogen (secondary N) is 1. The van der Waals surface area contributed by atoms with Gasteiger partial charge in [-0.2, -0.15) is 0 Å². The van der Waals surface area contributed by atoms with Crippen molar-refractivity contribution in [2.24, 2.45) is 5.73 Å². The number of rotatable bonds is 5. The Kier molecular flexibility index (Phi) is 5.55. The molecule has 0 aliphatic rings. The van der Waals surface area contributed by atoms with Gasteiger partial charge in [0.05, 0.1) is 5.56 Å². The number of amides is 1. The number of aromatic nitrogens is 1. The number of nitrogens with zero attached hydrogens (tertiary/aromatic N) is 2. The molecular weight excluding hydrogens is 296 g/mol. The molecule has 0 aromatic carbocycles. The lowest BCUT2D eigenvalue weighted by Gasteiger charge is -2.16. The standard InChI is InChI=1S/C12H19BrN4O/c1-8(14)4-5-15-12(18)10-6-9(13)7-16-11(10)17(2)3/h6-8H,4-5,14H2,1-3H3,(H,15,18). The average Bonchev–Trinajstić information content (AvgIpc) is 2.27. The Balaban J connectivity index is 2.80. The molecule has 0 aliphatic heterocycles. The number of halogens is 1. The highest BCUT2D eigenvalue weighted by molar-refractivity contribution is 9.10. The molecule has 0 radical (unpaired) electrons. The topological polar surface area (TPSA) is 71.2 Å². The average molecular weight is 315 g/mol. The minimum atomic E-state index is -0.131. The Morgan fingerprint density at radius 1 is 1.61 bits per heavy atom. The molecule has 0 saturated carbocycles. The summed E-state index contributed by atoms with van der Waals surface area (Å²) in [6.45, 7) is 2.48. The van der Waals surface area contributed by atoms with Gasteiger partial charge in [0, 0.05) is 37.4 Å². The van der Waals surface area contributed by atoms with Crippen molar-refractivity contribution >= 4 is 27.7 Å². The van der Waals surface area contributed by atoms with Gasteiger partial charge in [-0.05, 0) is 35.3 Å². The van der Waals surface area contributed by atoms with Crippen LogP contribution in [0.25, 0.3) is 0 Å². The smallest absolute Gasteiger partial charge is 0.255 e. The van der Waals surface area contributed by atoms with Crippen LogP contribution in [0.1, 0.15) is 23.7 Å². The van der Waals surface area contributed by atoms with Crippen LogP contribution < -0.4 is 16.0 Å². The summed E-state index contributed by atoms with van der Waals surface area (Å²) in [7, 11) is 3.71. The van der Waals surface area contributed by atoms with Gasteiger partial charge in [0.15, 0.2) is 0 Å². The summed E-state index contributed by atoms with van der Waals surface area (Å²) in [5.41, 5.74) is 6.19. The van der Waals surface area contributed by atoms with Crippen molar-refractivity contribution in [3.8, 4) is 0 Å². The van der Waals surface area contributed by atoms with Gasteiger partial charge in [-0.1, -0.05) is 0 Å². The second-order valence-corrected chi connectivity index (χ2v) is 5.36. The highest BCUT2D eigenvalue weighted by Crippen LogP contribution is 2.19. The van der Waals surface area contributed by atoms with Crippen molar-refractivity contribution in [2.45, 2.75) is 19.4 Å². The van der Waals surface area contributed by atoms with Crippen molar-refractivity contribution in [2.75, 3.05) is 25.5 Å². The van der Waals surface area contributed by atoms with E-state index >= 15 is 0 Å². The molecule has 1 aromatic heterocycles. The first-order chi connectivity index (χ1) is 8.41. The molecule has 0 fully saturated rings. The number of hydrogen-bond donors (Lipinski definition) is 2. The maximum atomic E-state index is 12.1. The van der Waals surface area contributed by atoms with Crippen LogP contribution in [0.2, 0.25) is 0 Å². The summed E-state index contributed by atoms with van der Waals surface area (Å²) >= 11 is 3.32. The minimum Gasteiger partial charge on any atom is -0.362 e. The van der Waals surface area contributed by atoms with Crippen LogP contribution in [0, 0.1) is 0 Å². The lowest BCUT2D eigenvalue weighted by atomic mass is 10.2. The number of pyridine rings is 1. The van der Waals surface area contributed by atoms with Crippen LogP contribution in [0.4, 0.5) is 5.82 Å². The summed E-state index contributed by atoms with van der Waals surface area (Å²) in [6.07, 6.45) is 2.43. The molecule has 0 aliphatic carbocycles. The molecule has 1 heterocycles. The maximum absolute atomic E-state index is 12.1. The lowest BCUT2D eigenvalue weighted by molar-refractivity contribution is 0.0953. The second-order valence-electron chi connectivity index (χ2n) is 4.44. The normalized spacial score (nSPS) is 12.1. The van der Waals surface area contributed by atoms with E-state index in [1.54, 1.807) is 12.3 Å². The quantitative estimate of drug-likeness (QED) is 0.861. The zero-order valence-corrected chi connectivity index (χ0v) is 12.5. The van der Waals surface area contributed by atoms with Crippen molar-refractivity contribution in [3.05, 3.63) is 22.3 Å². The summed E-state index contributed by atoms with van der Waals surface area (Å²) in [6, 6.07) is 1.85. The third-order valence-corrected chi connectivity index (χ3v) is 2.82. The van der Waals surface area contributed by atoms with E-state index in [0.29, 0.717) is 17.9 Å². The third-order valence-electron chi connectivity index (χ3n) is 2.39. The van der Waals surface area contributed by atoms with Crippen LogP contribution in [0.15, 0.2) is 16.7 Å². The van der Waals surface area contributed by atoms with Gasteiger partial charge < -0.3 is 16.0 Å². The van der Waals surface area contributed by atoms with Gasteiger partial charge in [0.1, 0.15) is 5.82 Å². The fourth-order valence-corrected chi connectivity index (χ4v) is 1.80. The minimum absolute atomic E-state index is 0.0826. The Morgan fingerprint density at radius 3 is 2.83 bits per heavy atom. The van der Waals surface area contributed by atoms with Crippen LogP contribution in [0.5, 0.6) is 0 Å². The van der Waals surface area contributed by atoms with Gasteiger partial charge in [-0.15, -0.1) is 0 Å². The van der Waals surface area contributed by atoms with E-state index < -0.39 is 0 Å². The molecule has 0 bridgehead atoms. The Morgan fingerprint density at radius 2 is 2.28 bits per heavy atom. The van der Waals surface area contributed by atoms with Gasteiger partial charge in [0.25, 0.3) is 5.91 Å². The predicted octanol–water partition coefficient (Wildman–Crippen LogP) is 1.38. The molecule has 0 spiro atoms.